The minimum absolute atomic E-state index is 0.123. The van der Waals surface area contributed by atoms with Gasteiger partial charge < -0.3 is 14.2 Å². The second-order valence-corrected chi connectivity index (χ2v) is 11.8. The van der Waals surface area contributed by atoms with Gasteiger partial charge in [-0.1, -0.05) is 73.5 Å². The van der Waals surface area contributed by atoms with Crippen molar-refractivity contribution < 1.29 is 14.2 Å². The van der Waals surface area contributed by atoms with E-state index in [1.165, 1.54) is 61.0 Å². The Morgan fingerprint density at radius 2 is 1.38 bits per heavy atom. The summed E-state index contributed by atoms with van der Waals surface area (Å²) in [4.78, 5) is 0. The van der Waals surface area contributed by atoms with E-state index in [1.807, 2.05) is 23.0 Å². The number of nitrogens with one attached hydrogen (secondary N) is 1. The molecule has 0 spiro atoms. The number of hydrogen-bond donors (Lipinski definition) is 1. The van der Waals surface area contributed by atoms with E-state index >= 15 is 0 Å². The molecule has 2 aromatic heterocycles. The number of nitrogens with zero attached hydrogens (tertiary/aromatic N) is 3. The van der Waals surface area contributed by atoms with Crippen LogP contribution in [0.2, 0.25) is 0 Å². The van der Waals surface area contributed by atoms with Gasteiger partial charge in [0, 0.05) is 36.5 Å². The van der Waals surface area contributed by atoms with Crippen molar-refractivity contribution in [3.63, 3.8) is 0 Å². The van der Waals surface area contributed by atoms with E-state index in [9.17, 15) is 0 Å². The number of aromatic amines is 1. The van der Waals surface area contributed by atoms with Crippen molar-refractivity contribution in [1.82, 2.24) is 20.0 Å². The quantitative estimate of drug-likeness (QED) is 0.224. The van der Waals surface area contributed by atoms with Crippen molar-refractivity contribution in [3.05, 3.63) is 108 Å². The summed E-state index contributed by atoms with van der Waals surface area (Å²) < 4.78 is 20.2. The highest BCUT2D eigenvalue weighted by molar-refractivity contribution is 5.16. The van der Waals surface area contributed by atoms with Gasteiger partial charge in [0.1, 0.15) is 6.23 Å². The standard InChI is InChI=1S/C20H26N2O2.C15H18N2O/c1-2-7-16(8-3-1)15-24-19-10-6-9-17(19)18-12-13-22(21-18)20-11-4-5-14-23-20;1-2-5-12(6-3-1)11-18-15-8-4-7-13(15)14-9-10-16-17-14/h1-3,7-8,12-13,17,19-20H,4-6,9-11,14-15H2;1-3,5-6,9-10,13,15H,4,7-8,11H2,(H,16,17)/t17-,19+,20?;13-,15+/m11/s1. The number of rotatable bonds is 9. The van der Waals surface area contributed by atoms with E-state index in [-0.39, 0.29) is 12.3 Å². The van der Waals surface area contributed by atoms with Crippen LogP contribution in [0.25, 0.3) is 0 Å². The summed E-state index contributed by atoms with van der Waals surface area (Å²) in [6, 6.07) is 25.0. The molecule has 0 amide bonds. The van der Waals surface area contributed by atoms with E-state index in [4.69, 9.17) is 19.3 Å². The molecular formula is C35H44N4O3. The molecule has 1 unspecified atom stereocenters. The molecule has 1 aliphatic heterocycles. The van der Waals surface area contributed by atoms with Crippen molar-refractivity contribution in [1.29, 1.82) is 0 Å². The van der Waals surface area contributed by atoms with Gasteiger partial charge in [-0.05, 0) is 68.2 Å². The van der Waals surface area contributed by atoms with Crippen LogP contribution in [-0.2, 0) is 27.4 Å². The second kappa shape index (κ2) is 14.8. The van der Waals surface area contributed by atoms with Crippen molar-refractivity contribution in [2.75, 3.05) is 6.61 Å². The summed E-state index contributed by atoms with van der Waals surface area (Å²) in [5, 5.41) is 11.9. The maximum absolute atomic E-state index is 6.23. The number of hydrogen-bond acceptors (Lipinski definition) is 5. The Morgan fingerprint density at radius 3 is 2.00 bits per heavy atom. The van der Waals surface area contributed by atoms with E-state index in [2.05, 4.69) is 77.1 Å². The first-order valence-corrected chi connectivity index (χ1v) is 15.8. The Hall–Kier alpha value is -3.26. The molecule has 1 N–H and O–H groups in total. The minimum atomic E-state index is 0.123. The lowest BCUT2D eigenvalue weighted by Gasteiger charge is -2.23. The molecule has 5 atom stereocenters. The molecule has 222 valence electrons. The number of H-pyrrole nitrogens is 1. The molecule has 2 aromatic carbocycles. The highest BCUT2D eigenvalue weighted by Crippen LogP contribution is 2.37. The third kappa shape index (κ3) is 7.57. The SMILES string of the molecule is c1ccc(CO[C@H]2CCC[C@@H]2c2ccn(C3CCCCO3)n2)cc1.c1ccc(CO[C@H]2CCC[C@@H]2c2ccn[nH]2)cc1. The van der Waals surface area contributed by atoms with Crippen molar-refractivity contribution in [3.8, 4) is 0 Å². The molecule has 3 heterocycles. The third-order valence-corrected chi connectivity index (χ3v) is 8.90. The molecule has 0 bridgehead atoms. The summed E-state index contributed by atoms with van der Waals surface area (Å²) in [6.07, 6.45) is 15.2. The van der Waals surface area contributed by atoms with Gasteiger partial charge in [-0.2, -0.15) is 10.2 Å². The largest absolute Gasteiger partial charge is 0.373 e. The van der Waals surface area contributed by atoms with Gasteiger partial charge in [0.25, 0.3) is 0 Å². The predicted molar refractivity (Wildman–Crippen MR) is 163 cm³/mol. The van der Waals surface area contributed by atoms with Crippen LogP contribution >= 0.6 is 0 Å². The summed E-state index contributed by atoms with van der Waals surface area (Å²) >= 11 is 0. The fourth-order valence-corrected chi connectivity index (χ4v) is 6.62. The Balaban J connectivity index is 0.000000157. The Morgan fingerprint density at radius 1 is 0.714 bits per heavy atom. The number of ether oxygens (including phenoxy) is 3. The lowest BCUT2D eigenvalue weighted by Crippen LogP contribution is -2.20. The van der Waals surface area contributed by atoms with Crippen LogP contribution in [-0.4, -0.2) is 38.8 Å². The van der Waals surface area contributed by atoms with Gasteiger partial charge in [-0.3, -0.25) is 5.10 Å². The first-order chi connectivity index (χ1) is 20.8. The zero-order chi connectivity index (χ0) is 28.4. The van der Waals surface area contributed by atoms with E-state index in [0.717, 1.165) is 25.9 Å². The molecule has 2 saturated carbocycles. The van der Waals surface area contributed by atoms with Gasteiger partial charge in [0.2, 0.25) is 0 Å². The zero-order valence-electron chi connectivity index (χ0n) is 24.5. The van der Waals surface area contributed by atoms with Gasteiger partial charge >= 0.3 is 0 Å². The van der Waals surface area contributed by atoms with Crippen LogP contribution in [0.3, 0.4) is 0 Å². The number of benzene rings is 2. The number of aromatic nitrogens is 4. The molecule has 2 aliphatic carbocycles. The van der Waals surface area contributed by atoms with Gasteiger partial charge in [0.15, 0.2) is 0 Å². The Bertz CT molecular complexity index is 1300. The predicted octanol–water partition coefficient (Wildman–Crippen LogP) is 7.70. The Labute approximate surface area is 249 Å². The van der Waals surface area contributed by atoms with Crippen molar-refractivity contribution >= 4 is 0 Å². The molecule has 7 nitrogen and oxygen atoms in total. The van der Waals surface area contributed by atoms with Crippen LogP contribution in [0.1, 0.15) is 98.4 Å². The van der Waals surface area contributed by atoms with E-state index < -0.39 is 0 Å². The first kappa shape index (κ1) is 28.8. The smallest absolute Gasteiger partial charge is 0.150 e. The monoisotopic (exact) mass is 568 g/mol. The molecule has 42 heavy (non-hydrogen) atoms. The van der Waals surface area contributed by atoms with E-state index in [0.29, 0.717) is 31.2 Å². The van der Waals surface area contributed by atoms with E-state index in [1.54, 1.807) is 0 Å². The van der Waals surface area contributed by atoms with Crippen LogP contribution in [0.4, 0.5) is 0 Å². The van der Waals surface area contributed by atoms with Crippen LogP contribution in [0, 0.1) is 0 Å². The first-order valence-electron chi connectivity index (χ1n) is 15.8. The summed E-state index contributed by atoms with van der Waals surface area (Å²) in [6.45, 7) is 2.25. The highest BCUT2D eigenvalue weighted by Gasteiger charge is 2.32. The maximum Gasteiger partial charge on any atom is 0.150 e. The van der Waals surface area contributed by atoms with Gasteiger partial charge in [-0.25, -0.2) is 4.68 Å². The van der Waals surface area contributed by atoms with Gasteiger partial charge in [-0.15, -0.1) is 0 Å². The molecule has 3 aliphatic rings. The van der Waals surface area contributed by atoms with Crippen LogP contribution < -0.4 is 0 Å². The van der Waals surface area contributed by atoms with Crippen molar-refractivity contribution in [2.45, 2.75) is 101 Å². The highest BCUT2D eigenvalue weighted by atomic mass is 16.5. The molecule has 7 heteroatoms. The third-order valence-electron chi connectivity index (χ3n) is 8.90. The normalized spacial score (nSPS) is 25.7. The topological polar surface area (TPSA) is 74.2 Å². The molecule has 4 aromatic rings. The molecule has 7 rings (SSSR count). The molecule has 3 fully saturated rings. The minimum Gasteiger partial charge on any atom is -0.373 e. The summed E-state index contributed by atoms with van der Waals surface area (Å²) in [7, 11) is 0. The average molecular weight is 569 g/mol. The molecule has 0 radical (unpaired) electrons. The van der Waals surface area contributed by atoms with Crippen LogP contribution in [0.15, 0.2) is 85.2 Å². The lowest BCUT2D eigenvalue weighted by molar-refractivity contribution is -0.0400. The average Bonchev–Trinajstić information content (AvgIpc) is 3.88. The fourth-order valence-electron chi connectivity index (χ4n) is 6.62. The lowest BCUT2D eigenvalue weighted by atomic mass is 10.0. The maximum atomic E-state index is 6.23. The second-order valence-electron chi connectivity index (χ2n) is 11.8. The zero-order valence-corrected chi connectivity index (χ0v) is 24.5. The van der Waals surface area contributed by atoms with Crippen LogP contribution in [0.5, 0.6) is 0 Å². The summed E-state index contributed by atoms with van der Waals surface area (Å²) in [5.74, 6) is 0.898. The summed E-state index contributed by atoms with van der Waals surface area (Å²) in [5.41, 5.74) is 4.86. The molecule has 1 saturated heterocycles. The molecular weight excluding hydrogens is 524 g/mol. The fraction of sp³-hybridized carbons (Fsp3) is 0.486. The van der Waals surface area contributed by atoms with Gasteiger partial charge in [0.05, 0.1) is 31.1 Å². The Kier molecular flexibility index (Phi) is 10.1. The van der Waals surface area contributed by atoms with Crippen molar-refractivity contribution in [2.24, 2.45) is 0 Å².